The van der Waals surface area contributed by atoms with Crippen LogP contribution in [0.25, 0.3) is 0 Å². The molecule has 4 nitrogen and oxygen atoms in total. The minimum Gasteiger partial charge on any atom is -0.399 e. The van der Waals surface area contributed by atoms with Crippen molar-refractivity contribution in [2.24, 2.45) is 0 Å². The lowest BCUT2D eigenvalue weighted by Crippen LogP contribution is -2.42. The zero-order valence-corrected chi connectivity index (χ0v) is 11.0. The van der Waals surface area contributed by atoms with Gasteiger partial charge in [0.25, 0.3) is 0 Å². The summed E-state index contributed by atoms with van der Waals surface area (Å²) in [7, 11) is 0. The Hall–Kier alpha value is -0.980. The van der Waals surface area contributed by atoms with E-state index < -0.39 is 0 Å². The number of carbonyl (C=O) groups excluding carboxylic acids is 1. The molecule has 16 heavy (non-hydrogen) atoms. The van der Waals surface area contributed by atoms with E-state index in [1.165, 1.54) is 0 Å². The lowest BCUT2D eigenvalue weighted by Gasteiger charge is -2.25. The summed E-state index contributed by atoms with van der Waals surface area (Å²) in [5, 5.41) is 6.27. The molecule has 86 valence electrons. The van der Waals surface area contributed by atoms with E-state index in [1.54, 1.807) is 0 Å². The molecule has 2 rings (SSSR count). The summed E-state index contributed by atoms with van der Waals surface area (Å²) in [6, 6.07) is 6.11. The molecule has 1 aliphatic heterocycles. The largest absolute Gasteiger partial charge is 0.399 e. The molecular weight excluding hydrogens is 317 g/mol. The van der Waals surface area contributed by atoms with E-state index in [-0.39, 0.29) is 5.91 Å². The van der Waals surface area contributed by atoms with E-state index in [9.17, 15) is 4.79 Å². The highest BCUT2D eigenvalue weighted by atomic mass is 127. The quantitative estimate of drug-likeness (QED) is 0.569. The van der Waals surface area contributed by atoms with Gasteiger partial charge in [0.05, 0.1) is 0 Å². The van der Waals surface area contributed by atoms with Gasteiger partial charge in [0.15, 0.2) is 0 Å². The van der Waals surface area contributed by atoms with Crippen LogP contribution in [0.1, 0.15) is 12.8 Å². The van der Waals surface area contributed by atoms with Gasteiger partial charge in [-0.05, 0) is 47.2 Å². The highest BCUT2D eigenvalue weighted by Crippen LogP contribution is 2.22. The van der Waals surface area contributed by atoms with Crippen LogP contribution in [0.15, 0.2) is 18.2 Å². The molecule has 1 heterocycles. The van der Waals surface area contributed by atoms with Gasteiger partial charge in [-0.15, -0.1) is 0 Å². The van der Waals surface area contributed by atoms with Gasteiger partial charge in [-0.1, -0.05) is 0 Å². The van der Waals surface area contributed by atoms with Crippen LogP contribution in [0.4, 0.5) is 11.4 Å². The minimum absolute atomic E-state index is 0.144. The van der Waals surface area contributed by atoms with Crippen molar-refractivity contribution in [2.45, 2.75) is 18.9 Å². The van der Waals surface area contributed by atoms with E-state index in [0.717, 1.165) is 21.4 Å². The van der Waals surface area contributed by atoms with Gasteiger partial charge < -0.3 is 16.4 Å². The number of carbonyl (C=O) groups is 1. The lowest BCUT2D eigenvalue weighted by atomic mass is 10.1. The number of amides is 1. The highest BCUT2D eigenvalue weighted by Gasteiger charge is 2.18. The second kappa shape index (κ2) is 4.90. The van der Waals surface area contributed by atoms with Crippen LogP contribution in [0.3, 0.4) is 0 Å². The van der Waals surface area contributed by atoms with Crippen LogP contribution in [0, 0.1) is 3.57 Å². The summed E-state index contributed by atoms with van der Waals surface area (Å²) in [5.74, 6) is 0.144. The van der Waals surface area contributed by atoms with Crippen molar-refractivity contribution in [3.05, 3.63) is 21.8 Å². The standard InChI is InChI=1S/C11H14IN3O/c12-9-5-7(13)1-3-10(9)15-8-2-4-11(16)14-6-8/h1,3,5,8,15H,2,4,6,13H2,(H,14,16). The second-order valence-electron chi connectivity index (χ2n) is 3.92. The van der Waals surface area contributed by atoms with Crippen molar-refractivity contribution in [1.82, 2.24) is 5.32 Å². The van der Waals surface area contributed by atoms with Crippen LogP contribution < -0.4 is 16.4 Å². The molecule has 0 bridgehead atoms. The van der Waals surface area contributed by atoms with Crippen LogP contribution in [-0.2, 0) is 4.79 Å². The summed E-state index contributed by atoms with van der Waals surface area (Å²) in [4.78, 5) is 11.0. The number of anilines is 2. The summed E-state index contributed by atoms with van der Waals surface area (Å²) < 4.78 is 1.11. The Bertz CT molecular complexity index is 398. The van der Waals surface area contributed by atoms with Gasteiger partial charge in [-0.3, -0.25) is 4.79 Å². The second-order valence-corrected chi connectivity index (χ2v) is 5.09. The summed E-state index contributed by atoms with van der Waals surface area (Å²) in [5.41, 5.74) is 7.54. The molecule has 0 saturated carbocycles. The maximum atomic E-state index is 11.0. The van der Waals surface area contributed by atoms with Crippen molar-refractivity contribution in [3.8, 4) is 0 Å². The summed E-state index contributed by atoms with van der Waals surface area (Å²) in [6.45, 7) is 0.694. The maximum absolute atomic E-state index is 11.0. The van der Waals surface area contributed by atoms with E-state index in [2.05, 4.69) is 33.2 Å². The Morgan fingerprint density at radius 1 is 1.50 bits per heavy atom. The fraction of sp³-hybridized carbons (Fsp3) is 0.364. The number of piperidine rings is 1. The monoisotopic (exact) mass is 331 g/mol. The average Bonchev–Trinajstić information content (AvgIpc) is 2.25. The van der Waals surface area contributed by atoms with E-state index in [4.69, 9.17) is 5.73 Å². The van der Waals surface area contributed by atoms with Crippen LogP contribution in [0.2, 0.25) is 0 Å². The molecule has 1 amide bonds. The van der Waals surface area contributed by atoms with Gasteiger partial charge in [-0.25, -0.2) is 0 Å². The molecule has 0 aromatic heterocycles. The van der Waals surface area contributed by atoms with Gasteiger partial charge >= 0.3 is 0 Å². The Balaban J connectivity index is 2.01. The molecule has 1 aliphatic rings. The molecule has 1 saturated heterocycles. The van der Waals surface area contributed by atoms with Crippen LogP contribution in [-0.4, -0.2) is 18.5 Å². The number of nitrogens with one attached hydrogen (secondary N) is 2. The van der Waals surface area contributed by atoms with E-state index in [1.807, 2.05) is 18.2 Å². The van der Waals surface area contributed by atoms with Crippen molar-refractivity contribution >= 4 is 39.9 Å². The topological polar surface area (TPSA) is 67.1 Å². The SMILES string of the molecule is Nc1ccc(NC2CCC(=O)NC2)c(I)c1. The highest BCUT2D eigenvalue weighted by molar-refractivity contribution is 14.1. The van der Waals surface area contributed by atoms with Crippen molar-refractivity contribution < 1.29 is 4.79 Å². The number of hydrogen-bond acceptors (Lipinski definition) is 3. The number of nitrogens with two attached hydrogens (primary N) is 1. The van der Waals surface area contributed by atoms with E-state index in [0.29, 0.717) is 19.0 Å². The zero-order chi connectivity index (χ0) is 11.5. The van der Waals surface area contributed by atoms with Crippen molar-refractivity contribution in [2.75, 3.05) is 17.6 Å². The first-order valence-electron chi connectivity index (χ1n) is 5.23. The van der Waals surface area contributed by atoms with Crippen LogP contribution in [0.5, 0.6) is 0 Å². The number of benzene rings is 1. The molecule has 1 unspecified atom stereocenters. The third kappa shape index (κ3) is 2.78. The van der Waals surface area contributed by atoms with Gasteiger partial charge in [0.2, 0.25) is 5.91 Å². The van der Waals surface area contributed by atoms with Gasteiger partial charge in [0, 0.05) is 34.0 Å². The predicted molar refractivity (Wildman–Crippen MR) is 73.2 cm³/mol. The predicted octanol–water partition coefficient (Wildman–Crippen LogP) is 1.56. The minimum atomic E-state index is 0.144. The molecule has 1 fully saturated rings. The molecule has 1 aromatic carbocycles. The number of halogens is 1. The molecule has 1 aromatic rings. The molecule has 0 aliphatic carbocycles. The Morgan fingerprint density at radius 2 is 2.31 bits per heavy atom. The number of hydrogen-bond donors (Lipinski definition) is 3. The number of rotatable bonds is 2. The Kier molecular flexibility index (Phi) is 3.52. The molecule has 5 heteroatoms. The van der Waals surface area contributed by atoms with E-state index >= 15 is 0 Å². The lowest BCUT2D eigenvalue weighted by molar-refractivity contribution is -0.122. The first-order valence-corrected chi connectivity index (χ1v) is 6.31. The van der Waals surface area contributed by atoms with Crippen LogP contribution >= 0.6 is 22.6 Å². The molecule has 1 atom stereocenters. The van der Waals surface area contributed by atoms with Gasteiger partial charge in [-0.2, -0.15) is 0 Å². The average molecular weight is 331 g/mol. The number of nitrogen functional groups attached to an aromatic ring is 1. The maximum Gasteiger partial charge on any atom is 0.220 e. The molecular formula is C11H14IN3O. The zero-order valence-electron chi connectivity index (χ0n) is 8.79. The third-order valence-corrected chi connectivity index (χ3v) is 3.51. The third-order valence-electron chi connectivity index (χ3n) is 2.62. The molecule has 4 N–H and O–H groups in total. The first-order chi connectivity index (χ1) is 7.65. The summed E-state index contributed by atoms with van der Waals surface area (Å²) in [6.07, 6.45) is 1.48. The fourth-order valence-corrected chi connectivity index (χ4v) is 2.42. The summed E-state index contributed by atoms with van der Waals surface area (Å²) >= 11 is 2.26. The fourth-order valence-electron chi connectivity index (χ4n) is 1.72. The molecule has 0 spiro atoms. The Labute approximate surface area is 108 Å². The first kappa shape index (κ1) is 11.5. The smallest absolute Gasteiger partial charge is 0.220 e. The van der Waals surface area contributed by atoms with Crippen molar-refractivity contribution in [3.63, 3.8) is 0 Å². The van der Waals surface area contributed by atoms with Gasteiger partial charge in [0.1, 0.15) is 0 Å². The van der Waals surface area contributed by atoms with Crippen molar-refractivity contribution in [1.29, 1.82) is 0 Å². The normalized spacial score (nSPS) is 20.3. The Morgan fingerprint density at radius 3 is 2.94 bits per heavy atom. The molecule has 0 radical (unpaired) electrons.